The number of ether oxygens (including phenoxy) is 2. The molecular weight excluding hydrogens is 360 g/mol. The van der Waals surface area contributed by atoms with E-state index in [4.69, 9.17) is 9.47 Å². The minimum Gasteiger partial charge on any atom is -0.456 e. The fourth-order valence-corrected chi connectivity index (χ4v) is 3.27. The lowest BCUT2D eigenvalue weighted by molar-refractivity contribution is -0.161. The molecule has 2 atom stereocenters. The molecule has 0 radical (unpaired) electrons. The third-order valence-electron chi connectivity index (χ3n) is 5.18. The van der Waals surface area contributed by atoms with E-state index in [2.05, 4.69) is 43.3 Å². The maximum Gasteiger partial charge on any atom is 0.335 e. The zero-order chi connectivity index (χ0) is 21.1. The van der Waals surface area contributed by atoms with E-state index in [1.165, 1.54) is 42.4 Å². The second-order valence-corrected chi connectivity index (χ2v) is 7.72. The lowest BCUT2D eigenvalue weighted by Crippen LogP contribution is -2.24. The third-order valence-corrected chi connectivity index (χ3v) is 5.18. The van der Waals surface area contributed by atoms with Crippen molar-refractivity contribution in [2.45, 2.75) is 78.4 Å². The topological polar surface area (TPSA) is 35.5 Å². The first-order valence-electron chi connectivity index (χ1n) is 11.1. The number of hydrogen-bond acceptors (Lipinski definition) is 3. The van der Waals surface area contributed by atoms with Crippen LogP contribution in [0.25, 0.3) is 11.1 Å². The molecule has 0 saturated heterocycles. The molecule has 0 amide bonds. The Labute approximate surface area is 176 Å². The fraction of sp³-hybridized carbons (Fsp3) is 0.500. The van der Waals surface area contributed by atoms with Crippen molar-refractivity contribution in [3.63, 3.8) is 0 Å². The van der Waals surface area contributed by atoms with Crippen LogP contribution in [0.3, 0.4) is 0 Å². The van der Waals surface area contributed by atoms with Crippen LogP contribution in [0, 0.1) is 0 Å². The van der Waals surface area contributed by atoms with Gasteiger partial charge in [-0.25, -0.2) is 4.79 Å². The highest BCUT2D eigenvalue weighted by Crippen LogP contribution is 2.24. The van der Waals surface area contributed by atoms with Gasteiger partial charge in [-0.15, -0.1) is 0 Å². The van der Waals surface area contributed by atoms with Gasteiger partial charge in [0.25, 0.3) is 0 Å². The van der Waals surface area contributed by atoms with Crippen LogP contribution >= 0.6 is 0 Å². The van der Waals surface area contributed by atoms with Crippen LogP contribution in [-0.4, -0.2) is 18.7 Å². The van der Waals surface area contributed by atoms with Gasteiger partial charge in [0.05, 0.1) is 0 Å². The second kappa shape index (κ2) is 12.4. The summed E-state index contributed by atoms with van der Waals surface area (Å²) in [6.45, 7) is 8.46. The largest absolute Gasteiger partial charge is 0.456 e. The first-order valence-corrected chi connectivity index (χ1v) is 11.1. The van der Waals surface area contributed by atoms with Crippen molar-refractivity contribution >= 4 is 5.97 Å². The summed E-state index contributed by atoms with van der Waals surface area (Å²) in [5.41, 5.74) is 4.77. The number of carbonyl (C=O) groups excluding carboxylic acids is 1. The lowest BCUT2D eigenvalue weighted by Gasteiger charge is -2.17. The molecule has 0 bridgehead atoms. The number of esters is 1. The van der Waals surface area contributed by atoms with Gasteiger partial charge in [-0.2, -0.15) is 0 Å². The highest BCUT2D eigenvalue weighted by molar-refractivity contribution is 5.74. The molecule has 0 saturated carbocycles. The summed E-state index contributed by atoms with van der Waals surface area (Å²) in [5, 5.41) is 0. The number of hydrogen-bond donors (Lipinski definition) is 0. The Hall–Kier alpha value is -2.13. The maximum atomic E-state index is 12.1. The van der Waals surface area contributed by atoms with Gasteiger partial charge in [0.2, 0.25) is 0 Å². The van der Waals surface area contributed by atoms with Crippen LogP contribution in [0.5, 0.6) is 0 Å². The Morgan fingerprint density at radius 1 is 0.828 bits per heavy atom. The minimum absolute atomic E-state index is 0.297. The molecule has 2 aromatic rings. The Morgan fingerprint density at radius 3 is 2.03 bits per heavy atom. The first-order chi connectivity index (χ1) is 14.0. The van der Waals surface area contributed by atoms with Crippen molar-refractivity contribution < 1.29 is 14.3 Å². The molecule has 2 unspecified atom stereocenters. The molecule has 158 valence electrons. The van der Waals surface area contributed by atoms with E-state index < -0.39 is 6.10 Å². The summed E-state index contributed by atoms with van der Waals surface area (Å²) >= 11 is 0. The normalized spacial score (nSPS) is 13.1. The van der Waals surface area contributed by atoms with Crippen molar-refractivity contribution in [3.05, 3.63) is 59.7 Å². The van der Waals surface area contributed by atoms with E-state index in [-0.39, 0.29) is 12.1 Å². The van der Waals surface area contributed by atoms with Crippen molar-refractivity contribution in [1.82, 2.24) is 0 Å². The maximum absolute atomic E-state index is 12.1. The molecule has 0 fully saturated rings. The standard InChI is InChI=1S/C26H36O3/c1-5-7-8-9-10-22-11-13-24(14-12-22)25-17-15-23(16-18-25)20(3)29-26(27)21(4)28-19-6-2/h11-18,20-21H,5-10,19H2,1-4H3. The van der Waals surface area contributed by atoms with Crippen molar-refractivity contribution in [3.8, 4) is 11.1 Å². The van der Waals surface area contributed by atoms with E-state index >= 15 is 0 Å². The number of benzene rings is 2. The van der Waals surface area contributed by atoms with Crippen LogP contribution in [0.2, 0.25) is 0 Å². The van der Waals surface area contributed by atoms with Gasteiger partial charge in [-0.3, -0.25) is 0 Å². The molecule has 0 N–H and O–H groups in total. The molecule has 0 heterocycles. The summed E-state index contributed by atoms with van der Waals surface area (Å²) in [7, 11) is 0. The smallest absolute Gasteiger partial charge is 0.335 e. The Morgan fingerprint density at radius 2 is 1.45 bits per heavy atom. The van der Waals surface area contributed by atoms with E-state index in [1.807, 2.05) is 26.0 Å². The molecule has 0 aliphatic carbocycles. The molecule has 29 heavy (non-hydrogen) atoms. The number of rotatable bonds is 12. The summed E-state index contributed by atoms with van der Waals surface area (Å²) in [6.07, 6.45) is 6.39. The van der Waals surface area contributed by atoms with Gasteiger partial charge in [-0.1, -0.05) is 81.6 Å². The quantitative estimate of drug-likeness (QED) is 0.289. The van der Waals surface area contributed by atoms with Crippen LogP contribution in [-0.2, 0) is 20.7 Å². The van der Waals surface area contributed by atoms with E-state index in [9.17, 15) is 4.79 Å². The summed E-state index contributed by atoms with van der Waals surface area (Å²) in [5.74, 6) is -0.315. The first kappa shape index (κ1) is 23.2. The minimum atomic E-state index is -0.530. The third kappa shape index (κ3) is 7.66. The van der Waals surface area contributed by atoms with Gasteiger partial charge in [0, 0.05) is 6.61 Å². The van der Waals surface area contributed by atoms with Crippen molar-refractivity contribution in [2.24, 2.45) is 0 Å². The highest BCUT2D eigenvalue weighted by Gasteiger charge is 2.18. The van der Waals surface area contributed by atoms with Gasteiger partial charge in [0.15, 0.2) is 6.10 Å². The Kier molecular flexibility index (Phi) is 9.93. The Bertz CT molecular complexity index is 719. The van der Waals surface area contributed by atoms with E-state index in [0.717, 1.165) is 18.4 Å². The van der Waals surface area contributed by atoms with Crippen LogP contribution < -0.4 is 0 Å². The molecule has 0 aliphatic heterocycles. The lowest BCUT2D eigenvalue weighted by atomic mass is 9.99. The second-order valence-electron chi connectivity index (χ2n) is 7.72. The molecule has 3 nitrogen and oxygen atoms in total. The molecule has 2 aromatic carbocycles. The summed E-state index contributed by atoms with van der Waals surface area (Å²) in [6, 6.07) is 17.1. The highest BCUT2D eigenvalue weighted by atomic mass is 16.6. The zero-order valence-corrected chi connectivity index (χ0v) is 18.4. The number of unbranched alkanes of at least 4 members (excludes halogenated alkanes) is 3. The van der Waals surface area contributed by atoms with Gasteiger partial charge >= 0.3 is 5.97 Å². The van der Waals surface area contributed by atoms with Crippen LogP contribution in [0.15, 0.2) is 48.5 Å². The molecule has 3 heteroatoms. The molecule has 0 aromatic heterocycles. The molecular formula is C26H36O3. The van der Waals surface area contributed by atoms with Gasteiger partial charge < -0.3 is 9.47 Å². The predicted molar refractivity (Wildman–Crippen MR) is 120 cm³/mol. The van der Waals surface area contributed by atoms with Gasteiger partial charge in [-0.05, 0) is 55.4 Å². The molecule has 0 aliphatic rings. The fourth-order valence-electron chi connectivity index (χ4n) is 3.27. The number of aryl methyl sites for hydroxylation is 1. The number of carbonyl (C=O) groups is 1. The summed E-state index contributed by atoms with van der Waals surface area (Å²) < 4.78 is 11.0. The predicted octanol–water partition coefficient (Wildman–Crippen LogP) is 6.90. The van der Waals surface area contributed by atoms with Crippen LogP contribution in [0.4, 0.5) is 0 Å². The van der Waals surface area contributed by atoms with Crippen molar-refractivity contribution in [1.29, 1.82) is 0 Å². The van der Waals surface area contributed by atoms with Gasteiger partial charge in [0.1, 0.15) is 6.10 Å². The van der Waals surface area contributed by atoms with Crippen LogP contribution in [0.1, 0.15) is 77.0 Å². The molecule has 0 spiro atoms. The Balaban J connectivity index is 1.91. The SMILES string of the molecule is CCCCCCc1ccc(-c2ccc(C(C)OC(=O)C(C)OCCC)cc2)cc1. The van der Waals surface area contributed by atoms with E-state index in [0.29, 0.717) is 6.61 Å². The van der Waals surface area contributed by atoms with E-state index in [1.54, 1.807) is 6.92 Å². The zero-order valence-electron chi connectivity index (χ0n) is 18.4. The monoisotopic (exact) mass is 396 g/mol. The average molecular weight is 397 g/mol. The van der Waals surface area contributed by atoms with Crippen molar-refractivity contribution in [2.75, 3.05) is 6.61 Å². The average Bonchev–Trinajstić information content (AvgIpc) is 2.75. The molecule has 2 rings (SSSR count). The summed E-state index contributed by atoms with van der Waals surface area (Å²) in [4.78, 5) is 12.1.